The molecule has 0 radical (unpaired) electrons. The lowest BCUT2D eigenvalue weighted by molar-refractivity contribution is -0.152. The number of amides is 2. The molecule has 2 amide bonds. The van der Waals surface area contributed by atoms with E-state index in [0.29, 0.717) is 42.1 Å². The van der Waals surface area contributed by atoms with Crippen molar-refractivity contribution in [2.75, 3.05) is 6.54 Å². The third-order valence-electron chi connectivity index (χ3n) is 6.35. The van der Waals surface area contributed by atoms with Crippen LogP contribution in [0.15, 0.2) is 78.9 Å². The summed E-state index contributed by atoms with van der Waals surface area (Å²) in [6, 6.07) is 22.4. The summed E-state index contributed by atoms with van der Waals surface area (Å²) >= 11 is 6.11. The Bertz CT molecular complexity index is 1110. The molecule has 0 bridgehead atoms. The molecule has 0 aliphatic carbocycles. The molecule has 0 aromatic heterocycles. The van der Waals surface area contributed by atoms with Crippen LogP contribution in [0.2, 0.25) is 5.02 Å². The van der Waals surface area contributed by atoms with Crippen LogP contribution in [0.1, 0.15) is 35.1 Å². The normalized spacial score (nSPS) is 15.9. The highest BCUT2D eigenvalue weighted by Crippen LogP contribution is 2.34. The van der Waals surface area contributed by atoms with Crippen LogP contribution in [0.3, 0.4) is 0 Å². The van der Waals surface area contributed by atoms with Gasteiger partial charge in [-0.25, -0.2) is 0 Å². The van der Waals surface area contributed by atoms with E-state index in [9.17, 15) is 14.7 Å². The summed E-state index contributed by atoms with van der Waals surface area (Å²) in [6.07, 6.45) is 1.20. The molecule has 1 unspecified atom stereocenters. The number of benzene rings is 3. The van der Waals surface area contributed by atoms with Crippen LogP contribution < -0.4 is 11.1 Å². The molecule has 34 heavy (non-hydrogen) atoms. The third kappa shape index (κ3) is 4.71. The van der Waals surface area contributed by atoms with Crippen molar-refractivity contribution in [3.05, 3.63) is 106 Å². The van der Waals surface area contributed by atoms with Crippen molar-refractivity contribution in [1.29, 1.82) is 0 Å². The molecule has 176 valence electrons. The summed E-state index contributed by atoms with van der Waals surface area (Å²) in [6.45, 7) is 0.980. The maximum atomic E-state index is 13.9. The molecule has 1 atom stereocenters. The van der Waals surface area contributed by atoms with Crippen LogP contribution in [0.5, 0.6) is 0 Å². The largest absolute Gasteiger partial charge is 0.372 e. The van der Waals surface area contributed by atoms with E-state index < -0.39 is 17.6 Å². The topological polar surface area (TPSA) is 95.7 Å². The number of hydrogen-bond donors (Lipinski definition) is 3. The summed E-state index contributed by atoms with van der Waals surface area (Å²) in [5.74, 6) is -0.773. The number of carbonyl (C=O) groups excluding carboxylic acids is 2. The zero-order chi connectivity index (χ0) is 24.1. The van der Waals surface area contributed by atoms with Crippen LogP contribution in [-0.2, 0) is 28.3 Å². The van der Waals surface area contributed by atoms with Crippen molar-refractivity contribution >= 4 is 23.4 Å². The van der Waals surface area contributed by atoms with Gasteiger partial charge in [0.2, 0.25) is 5.91 Å². The van der Waals surface area contributed by atoms with Gasteiger partial charge < -0.3 is 21.1 Å². The number of likely N-dealkylation sites (tertiary alicyclic amines) is 1. The molecule has 4 rings (SSSR count). The average molecular weight is 478 g/mol. The molecule has 6 nitrogen and oxygen atoms in total. The standard InChI is InChI=1S/C27H28ClN3O3/c28-23-14-13-19(17-29)20(16-23)18-30-25(32)24-12-7-15-31(24)26(33)27(34,21-8-3-1-4-9-21)22-10-5-2-6-11-22/h1-6,8-11,13-14,16,24,34H,7,12,15,17-18,29H2,(H,30,32). The first kappa shape index (κ1) is 24.0. The predicted molar refractivity (Wildman–Crippen MR) is 132 cm³/mol. The van der Waals surface area contributed by atoms with Crippen molar-refractivity contribution in [1.82, 2.24) is 10.2 Å². The molecule has 4 N–H and O–H groups in total. The Morgan fingerprint density at radius 2 is 1.62 bits per heavy atom. The highest BCUT2D eigenvalue weighted by atomic mass is 35.5. The van der Waals surface area contributed by atoms with Crippen molar-refractivity contribution in [2.24, 2.45) is 5.73 Å². The van der Waals surface area contributed by atoms with Crippen LogP contribution in [0.25, 0.3) is 0 Å². The van der Waals surface area contributed by atoms with Crippen molar-refractivity contribution in [2.45, 2.75) is 37.6 Å². The Kier molecular flexibility index (Phi) is 7.32. The van der Waals surface area contributed by atoms with E-state index in [1.807, 2.05) is 18.2 Å². The van der Waals surface area contributed by atoms with Gasteiger partial charge in [-0.1, -0.05) is 78.3 Å². The van der Waals surface area contributed by atoms with Gasteiger partial charge in [0.15, 0.2) is 5.60 Å². The summed E-state index contributed by atoms with van der Waals surface area (Å²) < 4.78 is 0. The van der Waals surface area contributed by atoms with E-state index >= 15 is 0 Å². The molecular weight excluding hydrogens is 450 g/mol. The number of aliphatic hydroxyl groups is 1. The first-order valence-electron chi connectivity index (χ1n) is 11.3. The van der Waals surface area contributed by atoms with Crippen molar-refractivity contribution < 1.29 is 14.7 Å². The first-order valence-corrected chi connectivity index (χ1v) is 11.7. The lowest BCUT2D eigenvalue weighted by Crippen LogP contribution is -2.53. The fourth-order valence-corrected chi connectivity index (χ4v) is 4.72. The second-order valence-corrected chi connectivity index (χ2v) is 8.87. The lowest BCUT2D eigenvalue weighted by atomic mass is 9.84. The van der Waals surface area contributed by atoms with Gasteiger partial charge in [-0.15, -0.1) is 0 Å². The number of nitrogens with zero attached hydrogens (tertiary/aromatic N) is 1. The Hall–Kier alpha value is -3.19. The summed E-state index contributed by atoms with van der Waals surface area (Å²) in [5, 5.41) is 15.3. The number of nitrogens with two attached hydrogens (primary N) is 1. The van der Waals surface area contributed by atoms with E-state index in [-0.39, 0.29) is 12.5 Å². The Morgan fingerprint density at radius 3 is 2.21 bits per heavy atom. The van der Waals surface area contributed by atoms with Crippen LogP contribution in [0.4, 0.5) is 0 Å². The van der Waals surface area contributed by atoms with E-state index in [1.165, 1.54) is 4.90 Å². The fraction of sp³-hybridized carbons (Fsp3) is 0.259. The number of nitrogens with one attached hydrogen (secondary N) is 1. The van der Waals surface area contributed by atoms with E-state index in [1.54, 1.807) is 60.7 Å². The summed E-state index contributed by atoms with van der Waals surface area (Å²) in [7, 11) is 0. The SMILES string of the molecule is NCc1ccc(Cl)cc1CNC(=O)C1CCCN1C(=O)C(O)(c1ccccc1)c1ccccc1. The minimum atomic E-state index is -1.90. The molecule has 1 saturated heterocycles. The summed E-state index contributed by atoms with van der Waals surface area (Å²) in [4.78, 5) is 28.5. The van der Waals surface area contributed by atoms with Gasteiger partial charge >= 0.3 is 0 Å². The van der Waals surface area contributed by atoms with E-state index in [4.69, 9.17) is 17.3 Å². The quantitative estimate of drug-likeness (QED) is 0.486. The second-order valence-electron chi connectivity index (χ2n) is 8.43. The average Bonchev–Trinajstić information content (AvgIpc) is 3.37. The second kappa shape index (κ2) is 10.4. The monoisotopic (exact) mass is 477 g/mol. The van der Waals surface area contributed by atoms with Crippen LogP contribution in [0, 0.1) is 0 Å². The predicted octanol–water partition coefficient (Wildman–Crippen LogP) is 3.34. The molecule has 1 fully saturated rings. The molecule has 3 aromatic rings. The van der Waals surface area contributed by atoms with Crippen molar-refractivity contribution in [3.8, 4) is 0 Å². The van der Waals surface area contributed by atoms with Gasteiger partial charge in [-0.2, -0.15) is 0 Å². The van der Waals surface area contributed by atoms with E-state index in [0.717, 1.165) is 11.1 Å². The molecule has 0 spiro atoms. The number of rotatable bonds is 7. The summed E-state index contributed by atoms with van der Waals surface area (Å²) in [5.41, 5.74) is 6.57. The number of halogens is 1. The zero-order valence-corrected chi connectivity index (χ0v) is 19.5. The van der Waals surface area contributed by atoms with Crippen LogP contribution >= 0.6 is 11.6 Å². The first-order chi connectivity index (χ1) is 16.4. The van der Waals surface area contributed by atoms with Gasteiger partial charge in [-0.3, -0.25) is 9.59 Å². The minimum Gasteiger partial charge on any atom is -0.372 e. The van der Waals surface area contributed by atoms with Gasteiger partial charge in [0.1, 0.15) is 6.04 Å². The number of carbonyl (C=O) groups is 2. The van der Waals surface area contributed by atoms with Crippen molar-refractivity contribution in [3.63, 3.8) is 0 Å². The zero-order valence-electron chi connectivity index (χ0n) is 18.8. The Labute approximate surface area is 204 Å². The van der Waals surface area contributed by atoms with Crippen LogP contribution in [-0.4, -0.2) is 34.4 Å². The highest BCUT2D eigenvalue weighted by molar-refractivity contribution is 6.30. The third-order valence-corrected chi connectivity index (χ3v) is 6.59. The number of hydrogen-bond acceptors (Lipinski definition) is 4. The molecule has 3 aromatic carbocycles. The molecule has 1 aliphatic rings. The van der Waals surface area contributed by atoms with Gasteiger partial charge in [0.05, 0.1) is 0 Å². The molecular formula is C27H28ClN3O3. The Balaban J connectivity index is 1.58. The Morgan fingerprint density at radius 1 is 1.00 bits per heavy atom. The van der Waals surface area contributed by atoms with Gasteiger partial charge in [0.25, 0.3) is 5.91 Å². The smallest absolute Gasteiger partial charge is 0.264 e. The van der Waals surface area contributed by atoms with Gasteiger partial charge in [0, 0.05) is 24.7 Å². The molecule has 1 aliphatic heterocycles. The molecule has 1 heterocycles. The lowest BCUT2D eigenvalue weighted by Gasteiger charge is -2.34. The fourth-order valence-electron chi connectivity index (χ4n) is 4.52. The molecule has 0 saturated carbocycles. The van der Waals surface area contributed by atoms with E-state index in [2.05, 4.69) is 5.32 Å². The molecule has 7 heteroatoms. The minimum absolute atomic E-state index is 0.256. The maximum Gasteiger partial charge on any atom is 0.264 e. The maximum absolute atomic E-state index is 13.9. The van der Waals surface area contributed by atoms with Gasteiger partial charge in [-0.05, 0) is 47.2 Å². The highest BCUT2D eigenvalue weighted by Gasteiger charge is 2.47.